The molecule has 2 aliphatic rings. The number of ketones is 1. The lowest BCUT2D eigenvalue weighted by Gasteiger charge is -2.39. The summed E-state index contributed by atoms with van der Waals surface area (Å²) in [7, 11) is 0. The van der Waals surface area contributed by atoms with Crippen molar-refractivity contribution in [1.82, 2.24) is 9.78 Å². The third-order valence-corrected chi connectivity index (χ3v) is 7.44. The van der Waals surface area contributed by atoms with Crippen molar-refractivity contribution in [2.75, 3.05) is 5.32 Å². The molecule has 1 aromatic heterocycles. The zero-order valence-electron chi connectivity index (χ0n) is 19.2. The predicted molar refractivity (Wildman–Crippen MR) is 130 cm³/mol. The molecule has 1 aliphatic carbocycles. The fourth-order valence-corrected chi connectivity index (χ4v) is 5.62. The summed E-state index contributed by atoms with van der Waals surface area (Å²) in [6, 6.07) is 10.5. The SMILES string of the molecule is Cc1nn(-c2ccccc2C(F)(F)F)c2c1[C@@H](c1cccc(Cl)c1Cl)C1=C(CC(C)(C)CC1=O)N2. The van der Waals surface area contributed by atoms with E-state index in [0.29, 0.717) is 56.8 Å². The average molecular weight is 520 g/mol. The van der Waals surface area contributed by atoms with Crippen molar-refractivity contribution in [3.8, 4) is 5.69 Å². The van der Waals surface area contributed by atoms with Gasteiger partial charge in [0.1, 0.15) is 5.82 Å². The predicted octanol–water partition coefficient (Wildman–Crippen LogP) is 7.71. The number of alkyl halides is 3. The van der Waals surface area contributed by atoms with E-state index in [9.17, 15) is 18.0 Å². The lowest BCUT2D eigenvalue weighted by molar-refractivity contribution is -0.137. The number of carbonyl (C=O) groups excluding carboxylic acids is 1. The topological polar surface area (TPSA) is 46.9 Å². The summed E-state index contributed by atoms with van der Waals surface area (Å²) in [5.74, 6) is -0.245. The molecule has 4 nitrogen and oxygen atoms in total. The highest BCUT2D eigenvalue weighted by Gasteiger charge is 2.44. The molecule has 3 aromatic rings. The number of para-hydroxylation sites is 1. The van der Waals surface area contributed by atoms with Crippen LogP contribution in [-0.4, -0.2) is 15.6 Å². The Kier molecular flexibility index (Phi) is 5.57. The smallest absolute Gasteiger partial charge is 0.343 e. The Morgan fingerprint density at radius 1 is 1.09 bits per heavy atom. The first-order valence-corrected chi connectivity index (χ1v) is 11.9. The molecule has 0 spiro atoms. The van der Waals surface area contributed by atoms with Crippen LogP contribution in [0, 0.1) is 12.3 Å². The van der Waals surface area contributed by atoms with Crippen LogP contribution in [0.25, 0.3) is 5.69 Å². The van der Waals surface area contributed by atoms with E-state index < -0.39 is 17.7 Å². The number of anilines is 1. The molecular weight excluding hydrogens is 498 g/mol. The summed E-state index contributed by atoms with van der Waals surface area (Å²) < 4.78 is 42.9. The minimum Gasteiger partial charge on any atom is -0.343 e. The molecule has 0 radical (unpaired) electrons. The van der Waals surface area contributed by atoms with Gasteiger partial charge in [0.25, 0.3) is 0 Å². The molecule has 9 heteroatoms. The third-order valence-electron chi connectivity index (χ3n) is 6.60. The van der Waals surface area contributed by atoms with Crippen LogP contribution in [0.3, 0.4) is 0 Å². The number of hydrogen-bond donors (Lipinski definition) is 1. The highest BCUT2D eigenvalue weighted by atomic mass is 35.5. The molecule has 2 aromatic carbocycles. The van der Waals surface area contributed by atoms with Gasteiger partial charge < -0.3 is 5.32 Å². The van der Waals surface area contributed by atoms with Crippen LogP contribution in [0.5, 0.6) is 0 Å². The van der Waals surface area contributed by atoms with Gasteiger partial charge >= 0.3 is 6.18 Å². The lowest BCUT2D eigenvalue weighted by atomic mass is 9.69. The number of aryl methyl sites for hydroxylation is 1. The minimum absolute atomic E-state index is 0.0294. The summed E-state index contributed by atoms with van der Waals surface area (Å²) in [6.07, 6.45) is -3.67. The van der Waals surface area contributed by atoms with Gasteiger partial charge in [-0.05, 0) is 42.5 Å². The second-order valence-corrected chi connectivity index (χ2v) is 10.6. The zero-order chi connectivity index (χ0) is 25.3. The molecule has 0 saturated heterocycles. The van der Waals surface area contributed by atoms with Gasteiger partial charge in [0, 0.05) is 29.2 Å². The normalized spacial score (nSPS) is 19.3. The first-order valence-electron chi connectivity index (χ1n) is 11.1. The fourth-order valence-electron chi connectivity index (χ4n) is 5.20. The van der Waals surface area contributed by atoms with Crippen LogP contribution in [0.15, 0.2) is 53.7 Å². The Hall–Kier alpha value is -2.77. The van der Waals surface area contributed by atoms with Crippen molar-refractivity contribution in [1.29, 1.82) is 0 Å². The second kappa shape index (κ2) is 8.14. The van der Waals surface area contributed by atoms with Gasteiger partial charge in [0.05, 0.1) is 27.0 Å². The maximum atomic E-state index is 13.9. The molecule has 0 bridgehead atoms. The van der Waals surface area contributed by atoms with Gasteiger partial charge in [-0.2, -0.15) is 18.3 Å². The second-order valence-electron chi connectivity index (χ2n) is 9.81. The fraction of sp³-hybridized carbons (Fsp3) is 0.308. The number of nitrogens with one attached hydrogen (secondary N) is 1. The summed E-state index contributed by atoms with van der Waals surface area (Å²) in [5, 5.41) is 8.47. The maximum absolute atomic E-state index is 13.9. The molecule has 0 fully saturated rings. The summed E-state index contributed by atoms with van der Waals surface area (Å²) >= 11 is 13.0. The van der Waals surface area contributed by atoms with E-state index in [1.807, 2.05) is 13.8 Å². The van der Waals surface area contributed by atoms with E-state index in [0.717, 1.165) is 6.07 Å². The molecule has 0 unspecified atom stereocenters. The Bertz CT molecular complexity index is 1410. The summed E-state index contributed by atoms with van der Waals surface area (Å²) in [5.41, 5.74) is 1.75. The largest absolute Gasteiger partial charge is 0.418 e. The minimum atomic E-state index is -4.57. The first-order chi connectivity index (χ1) is 16.4. The van der Waals surface area contributed by atoms with Gasteiger partial charge in [0.2, 0.25) is 0 Å². The lowest BCUT2D eigenvalue weighted by Crippen LogP contribution is -2.34. The third kappa shape index (κ3) is 3.95. The van der Waals surface area contributed by atoms with Crippen LogP contribution >= 0.6 is 23.2 Å². The summed E-state index contributed by atoms with van der Waals surface area (Å²) in [4.78, 5) is 13.5. The maximum Gasteiger partial charge on any atom is 0.418 e. The van der Waals surface area contributed by atoms with Gasteiger partial charge in [-0.25, -0.2) is 4.68 Å². The van der Waals surface area contributed by atoms with Crippen molar-refractivity contribution in [2.45, 2.75) is 45.7 Å². The summed E-state index contributed by atoms with van der Waals surface area (Å²) in [6.45, 7) is 5.71. The number of aromatic nitrogens is 2. The Morgan fingerprint density at radius 2 is 1.80 bits per heavy atom. The van der Waals surface area contributed by atoms with Crippen molar-refractivity contribution < 1.29 is 18.0 Å². The molecule has 0 saturated carbocycles. The van der Waals surface area contributed by atoms with Crippen LogP contribution in [0.4, 0.5) is 19.0 Å². The Balaban J connectivity index is 1.81. The average Bonchev–Trinajstić information content (AvgIpc) is 3.09. The quantitative estimate of drug-likeness (QED) is 0.377. The van der Waals surface area contributed by atoms with Crippen LogP contribution in [0.2, 0.25) is 10.0 Å². The van der Waals surface area contributed by atoms with Crippen molar-refractivity contribution >= 4 is 34.8 Å². The number of fused-ring (bicyclic) bond motifs is 1. The highest BCUT2D eigenvalue weighted by molar-refractivity contribution is 6.42. The monoisotopic (exact) mass is 519 g/mol. The zero-order valence-corrected chi connectivity index (χ0v) is 20.7. The Morgan fingerprint density at radius 3 is 2.51 bits per heavy atom. The number of Topliss-reactive ketones (excluding diaryl/α,β-unsaturated/α-hetero) is 1. The molecule has 1 aliphatic heterocycles. The molecule has 35 heavy (non-hydrogen) atoms. The van der Waals surface area contributed by atoms with Gasteiger partial charge in [-0.15, -0.1) is 0 Å². The standard InChI is InChI=1S/C26H22Cl2F3N3O/c1-13-20-21(14-7-6-9-16(27)23(14)28)22-17(11-25(2,3)12-19(22)35)32-24(20)34(33-13)18-10-5-4-8-15(18)26(29,30)31/h4-10,21,32H,11-12H2,1-3H3/t21-/m1/s1. The number of halogens is 5. The van der Waals surface area contributed by atoms with E-state index in [1.165, 1.54) is 16.8 Å². The molecule has 2 heterocycles. The van der Waals surface area contributed by atoms with E-state index >= 15 is 0 Å². The van der Waals surface area contributed by atoms with Crippen LogP contribution in [-0.2, 0) is 11.0 Å². The van der Waals surface area contributed by atoms with Crippen molar-refractivity contribution in [2.24, 2.45) is 5.41 Å². The van der Waals surface area contributed by atoms with Crippen molar-refractivity contribution in [3.05, 3.63) is 86.2 Å². The van der Waals surface area contributed by atoms with Crippen LogP contribution < -0.4 is 5.32 Å². The number of allylic oxidation sites excluding steroid dienone is 2. The van der Waals surface area contributed by atoms with E-state index in [-0.39, 0.29) is 16.9 Å². The van der Waals surface area contributed by atoms with E-state index in [1.54, 1.807) is 31.2 Å². The molecule has 1 N–H and O–H groups in total. The molecule has 1 atom stereocenters. The highest BCUT2D eigenvalue weighted by Crippen LogP contribution is 2.52. The molecular formula is C26H22Cl2F3N3O. The Labute approximate surface area is 210 Å². The first kappa shape index (κ1) is 23.9. The molecule has 5 rings (SSSR count). The number of hydrogen-bond acceptors (Lipinski definition) is 3. The van der Waals surface area contributed by atoms with Crippen molar-refractivity contribution in [3.63, 3.8) is 0 Å². The number of benzene rings is 2. The van der Waals surface area contributed by atoms with E-state index in [4.69, 9.17) is 23.2 Å². The number of rotatable bonds is 2. The van der Waals surface area contributed by atoms with Crippen LogP contribution in [0.1, 0.15) is 55.0 Å². The molecule has 0 amide bonds. The van der Waals surface area contributed by atoms with Gasteiger partial charge in [0.15, 0.2) is 5.78 Å². The van der Waals surface area contributed by atoms with E-state index in [2.05, 4.69) is 10.4 Å². The van der Waals surface area contributed by atoms with Gasteiger partial charge in [-0.1, -0.05) is 61.3 Å². The number of carbonyl (C=O) groups is 1. The number of nitrogens with zero attached hydrogens (tertiary/aromatic N) is 2. The van der Waals surface area contributed by atoms with Gasteiger partial charge in [-0.3, -0.25) is 4.79 Å². The molecule has 182 valence electrons.